The number of aryl methyl sites for hydroxylation is 1. The summed E-state index contributed by atoms with van der Waals surface area (Å²) < 4.78 is 39.5. The minimum Gasteiger partial charge on any atom is -0.378 e. The molecule has 0 bridgehead atoms. The zero-order valence-corrected chi connectivity index (χ0v) is 10.7. The normalized spacial score (nSPS) is 12.3. The van der Waals surface area contributed by atoms with Gasteiger partial charge in [0, 0.05) is 17.8 Å². The lowest BCUT2D eigenvalue weighted by atomic mass is 10.1. The lowest BCUT2D eigenvalue weighted by Gasteiger charge is -2.17. The summed E-state index contributed by atoms with van der Waals surface area (Å²) in [4.78, 5) is 0. The highest BCUT2D eigenvalue weighted by atomic mass is 19.1. The molecular weight excluding hydrogens is 251 g/mol. The van der Waals surface area contributed by atoms with Gasteiger partial charge in [-0.05, 0) is 49.2 Å². The van der Waals surface area contributed by atoms with E-state index in [9.17, 15) is 13.2 Å². The van der Waals surface area contributed by atoms with E-state index in [0.717, 1.165) is 11.6 Å². The molecule has 0 aliphatic heterocycles. The Labute approximate surface area is 110 Å². The monoisotopic (exact) mass is 265 g/mol. The van der Waals surface area contributed by atoms with Crippen molar-refractivity contribution in [3.05, 3.63) is 65.0 Å². The van der Waals surface area contributed by atoms with Gasteiger partial charge in [-0.2, -0.15) is 0 Å². The molecule has 2 aromatic carbocycles. The fraction of sp³-hybridized carbons (Fsp3) is 0.200. The Morgan fingerprint density at radius 2 is 1.53 bits per heavy atom. The van der Waals surface area contributed by atoms with Crippen molar-refractivity contribution in [3.8, 4) is 0 Å². The van der Waals surface area contributed by atoms with E-state index in [0.29, 0.717) is 11.3 Å². The molecular formula is C15H14F3N. The molecule has 0 aliphatic rings. The first-order valence-electron chi connectivity index (χ1n) is 5.94. The first-order chi connectivity index (χ1) is 8.95. The molecule has 0 fully saturated rings. The second-order valence-corrected chi connectivity index (χ2v) is 4.53. The summed E-state index contributed by atoms with van der Waals surface area (Å²) in [5.74, 6) is -1.61. The molecule has 1 unspecified atom stereocenters. The first kappa shape index (κ1) is 13.5. The highest BCUT2D eigenvalue weighted by molar-refractivity contribution is 5.52. The zero-order chi connectivity index (χ0) is 14.0. The van der Waals surface area contributed by atoms with Crippen LogP contribution in [0.1, 0.15) is 24.1 Å². The van der Waals surface area contributed by atoms with E-state index < -0.39 is 11.6 Å². The molecule has 19 heavy (non-hydrogen) atoms. The minimum atomic E-state index is -0.625. The fourth-order valence-electron chi connectivity index (χ4n) is 1.89. The van der Waals surface area contributed by atoms with Gasteiger partial charge in [-0.3, -0.25) is 0 Å². The van der Waals surface area contributed by atoms with Crippen molar-refractivity contribution < 1.29 is 13.2 Å². The molecule has 0 saturated carbocycles. The standard InChI is InChI=1S/C15H14F3N/c1-9-3-4-12(16)8-15(9)19-10(2)11-5-13(17)7-14(18)6-11/h3-8,10,19H,1-2H3. The molecule has 0 radical (unpaired) electrons. The molecule has 2 rings (SSSR count). The summed E-state index contributed by atoms with van der Waals surface area (Å²) in [7, 11) is 0. The number of rotatable bonds is 3. The number of anilines is 1. The van der Waals surface area contributed by atoms with Crippen LogP contribution < -0.4 is 5.32 Å². The molecule has 2 aromatic rings. The van der Waals surface area contributed by atoms with E-state index >= 15 is 0 Å². The summed E-state index contributed by atoms with van der Waals surface area (Å²) in [5, 5.41) is 3.05. The van der Waals surface area contributed by atoms with Crippen molar-refractivity contribution in [1.82, 2.24) is 0 Å². The van der Waals surface area contributed by atoms with Gasteiger partial charge in [0.15, 0.2) is 0 Å². The molecule has 100 valence electrons. The predicted octanol–water partition coefficient (Wildman–Crippen LogP) is 4.59. The Balaban J connectivity index is 2.25. The van der Waals surface area contributed by atoms with Crippen LogP contribution in [0, 0.1) is 24.4 Å². The first-order valence-corrected chi connectivity index (χ1v) is 5.94. The lowest BCUT2D eigenvalue weighted by molar-refractivity contribution is 0.577. The highest BCUT2D eigenvalue weighted by Gasteiger charge is 2.10. The third-order valence-corrected chi connectivity index (χ3v) is 2.96. The van der Waals surface area contributed by atoms with Gasteiger partial charge in [-0.25, -0.2) is 13.2 Å². The number of nitrogens with one attached hydrogen (secondary N) is 1. The van der Waals surface area contributed by atoms with Gasteiger partial charge in [0.2, 0.25) is 0 Å². The summed E-state index contributed by atoms with van der Waals surface area (Å²) in [6, 6.07) is 7.39. The molecule has 0 amide bonds. The number of hydrogen-bond donors (Lipinski definition) is 1. The fourth-order valence-corrected chi connectivity index (χ4v) is 1.89. The van der Waals surface area contributed by atoms with Crippen molar-refractivity contribution in [2.24, 2.45) is 0 Å². The van der Waals surface area contributed by atoms with Gasteiger partial charge in [0.25, 0.3) is 0 Å². The van der Waals surface area contributed by atoms with Crippen LogP contribution in [0.25, 0.3) is 0 Å². The number of benzene rings is 2. The molecule has 0 aliphatic carbocycles. The largest absolute Gasteiger partial charge is 0.378 e. The molecule has 1 atom stereocenters. The Morgan fingerprint density at radius 1 is 0.895 bits per heavy atom. The second-order valence-electron chi connectivity index (χ2n) is 4.53. The van der Waals surface area contributed by atoms with Crippen molar-refractivity contribution in [3.63, 3.8) is 0 Å². The van der Waals surface area contributed by atoms with E-state index in [4.69, 9.17) is 0 Å². The van der Waals surface area contributed by atoms with Gasteiger partial charge in [-0.15, -0.1) is 0 Å². The van der Waals surface area contributed by atoms with Gasteiger partial charge in [-0.1, -0.05) is 6.07 Å². The Hall–Kier alpha value is -1.97. The van der Waals surface area contributed by atoms with Crippen LogP contribution in [0.15, 0.2) is 36.4 Å². The maximum Gasteiger partial charge on any atom is 0.126 e. The van der Waals surface area contributed by atoms with Crippen molar-refractivity contribution in [2.75, 3.05) is 5.32 Å². The predicted molar refractivity (Wildman–Crippen MR) is 69.5 cm³/mol. The maximum absolute atomic E-state index is 13.2. The van der Waals surface area contributed by atoms with E-state index in [-0.39, 0.29) is 11.9 Å². The van der Waals surface area contributed by atoms with Gasteiger partial charge < -0.3 is 5.32 Å². The van der Waals surface area contributed by atoms with Crippen LogP contribution >= 0.6 is 0 Å². The van der Waals surface area contributed by atoms with E-state index in [1.807, 2.05) is 6.92 Å². The van der Waals surface area contributed by atoms with Crippen molar-refractivity contribution >= 4 is 5.69 Å². The molecule has 4 heteroatoms. The van der Waals surface area contributed by atoms with Crippen molar-refractivity contribution in [1.29, 1.82) is 0 Å². The Kier molecular flexibility index (Phi) is 3.79. The maximum atomic E-state index is 13.2. The van der Waals surface area contributed by atoms with Crippen LogP contribution in [-0.2, 0) is 0 Å². The van der Waals surface area contributed by atoms with E-state index in [2.05, 4.69) is 5.32 Å². The molecule has 0 saturated heterocycles. The molecule has 0 spiro atoms. The van der Waals surface area contributed by atoms with Gasteiger partial charge in [0.1, 0.15) is 17.5 Å². The van der Waals surface area contributed by atoms with Crippen LogP contribution in [-0.4, -0.2) is 0 Å². The topological polar surface area (TPSA) is 12.0 Å². The quantitative estimate of drug-likeness (QED) is 0.856. The lowest BCUT2D eigenvalue weighted by Crippen LogP contribution is -2.08. The third-order valence-electron chi connectivity index (χ3n) is 2.96. The van der Waals surface area contributed by atoms with Crippen LogP contribution in [0.4, 0.5) is 18.9 Å². The smallest absolute Gasteiger partial charge is 0.126 e. The van der Waals surface area contributed by atoms with Crippen LogP contribution in [0.2, 0.25) is 0 Å². The minimum absolute atomic E-state index is 0.328. The number of hydrogen-bond acceptors (Lipinski definition) is 1. The Morgan fingerprint density at radius 3 is 2.16 bits per heavy atom. The molecule has 1 nitrogen and oxygen atoms in total. The molecule has 0 aromatic heterocycles. The van der Waals surface area contributed by atoms with E-state index in [1.165, 1.54) is 24.3 Å². The summed E-state index contributed by atoms with van der Waals surface area (Å²) in [6.07, 6.45) is 0. The second kappa shape index (κ2) is 5.34. The molecule has 1 N–H and O–H groups in total. The van der Waals surface area contributed by atoms with E-state index in [1.54, 1.807) is 13.0 Å². The Bertz CT molecular complexity index is 576. The number of halogens is 3. The average Bonchev–Trinajstić information content (AvgIpc) is 2.32. The zero-order valence-electron chi connectivity index (χ0n) is 10.7. The van der Waals surface area contributed by atoms with Gasteiger partial charge in [0.05, 0.1) is 0 Å². The van der Waals surface area contributed by atoms with Crippen molar-refractivity contribution in [2.45, 2.75) is 19.9 Å². The van der Waals surface area contributed by atoms with Crippen LogP contribution in [0.3, 0.4) is 0 Å². The van der Waals surface area contributed by atoms with Gasteiger partial charge >= 0.3 is 0 Å². The van der Waals surface area contributed by atoms with Crippen LogP contribution in [0.5, 0.6) is 0 Å². The average molecular weight is 265 g/mol. The highest BCUT2D eigenvalue weighted by Crippen LogP contribution is 2.24. The third kappa shape index (κ3) is 3.28. The molecule has 0 heterocycles. The summed E-state index contributed by atoms with van der Waals surface area (Å²) in [6.45, 7) is 3.60. The summed E-state index contributed by atoms with van der Waals surface area (Å²) in [5.41, 5.74) is 1.95. The SMILES string of the molecule is Cc1ccc(F)cc1NC(C)c1cc(F)cc(F)c1. The summed E-state index contributed by atoms with van der Waals surface area (Å²) >= 11 is 0.